The second kappa shape index (κ2) is 9.03. The molecule has 1 atom stereocenters. The van der Waals surface area contributed by atoms with Crippen LogP contribution >= 0.6 is 12.2 Å². The topological polar surface area (TPSA) is 89.7 Å². The Kier molecular flexibility index (Phi) is 6.02. The summed E-state index contributed by atoms with van der Waals surface area (Å²) in [5, 5.41) is 12.5. The number of hydrogen-bond acceptors (Lipinski definition) is 5. The van der Waals surface area contributed by atoms with E-state index in [1.165, 1.54) is 0 Å². The summed E-state index contributed by atoms with van der Waals surface area (Å²) in [4.78, 5) is 21.8. The van der Waals surface area contributed by atoms with Crippen molar-refractivity contribution in [2.24, 2.45) is 0 Å². The van der Waals surface area contributed by atoms with Crippen LogP contribution in [0.5, 0.6) is 0 Å². The van der Waals surface area contributed by atoms with Gasteiger partial charge in [-0.2, -0.15) is 5.26 Å². The van der Waals surface area contributed by atoms with E-state index >= 15 is 0 Å². The molecule has 1 aliphatic heterocycles. The van der Waals surface area contributed by atoms with Gasteiger partial charge in [-0.25, -0.2) is 4.98 Å². The molecule has 8 heteroatoms. The van der Waals surface area contributed by atoms with E-state index in [1.54, 1.807) is 18.3 Å². The van der Waals surface area contributed by atoms with E-state index in [2.05, 4.69) is 25.9 Å². The van der Waals surface area contributed by atoms with Gasteiger partial charge in [0, 0.05) is 44.6 Å². The van der Waals surface area contributed by atoms with Crippen molar-refractivity contribution in [2.75, 3.05) is 13.1 Å². The lowest BCUT2D eigenvalue weighted by molar-refractivity contribution is 0.0788. The molecule has 0 aliphatic carbocycles. The molecule has 4 rings (SSSR count). The number of imidazole rings is 1. The zero-order valence-corrected chi connectivity index (χ0v) is 17.2. The number of nitrogens with zero attached hydrogens (tertiary/aromatic N) is 4. The number of nitriles is 1. The Bertz CT molecular complexity index is 1130. The summed E-state index contributed by atoms with van der Waals surface area (Å²) in [5.41, 5.74) is 3.40. The predicted molar refractivity (Wildman–Crippen MR) is 115 cm³/mol. The third-order valence-corrected chi connectivity index (χ3v) is 5.67. The van der Waals surface area contributed by atoms with Crippen LogP contribution in [0.4, 0.5) is 0 Å². The van der Waals surface area contributed by atoms with Gasteiger partial charge in [0.05, 0.1) is 29.2 Å². The van der Waals surface area contributed by atoms with Crippen LogP contribution in [0.25, 0.3) is 0 Å². The van der Waals surface area contributed by atoms with E-state index in [9.17, 15) is 4.79 Å². The highest BCUT2D eigenvalue weighted by molar-refractivity contribution is 7.71. The van der Waals surface area contributed by atoms with E-state index in [1.807, 2.05) is 41.7 Å². The molecule has 1 aliphatic rings. The molecule has 7 nitrogen and oxygen atoms in total. The minimum atomic E-state index is -0.0213. The first kappa shape index (κ1) is 20.0. The number of aromatic amines is 1. The molecule has 1 saturated heterocycles. The summed E-state index contributed by atoms with van der Waals surface area (Å²) >= 11 is 5.24. The molecular weight excluding hydrogens is 396 g/mol. The number of carbonyl (C=O) groups is 1. The Labute approximate surface area is 180 Å². The van der Waals surface area contributed by atoms with Gasteiger partial charge >= 0.3 is 0 Å². The van der Waals surface area contributed by atoms with Crippen LogP contribution < -0.4 is 5.32 Å². The molecule has 2 aromatic heterocycles. The molecule has 30 heavy (non-hydrogen) atoms. The fourth-order valence-corrected chi connectivity index (χ4v) is 3.86. The molecule has 0 radical (unpaired) electrons. The summed E-state index contributed by atoms with van der Waals surface area (Å²) in [7, 11) is 0. The molecule has 1 amide bonds. The molecule has 1 fully saturated rings. The lowest BCUT2D eigenvalue weighted by Crippen LogP contribution is -2.35. The number of nitrogens with one attached hydrogen (secondary N) is 2. The third-order valence-electron chi connectivity index (χ3n) is 5.33. The Balaban J connectivity index is 1.33. The minimum Gasteiger partial charge on any atom is -0.352 e. The Morgan fingerprint density at radius 1 is 1.33 bits per heavy atom. The number of likely N-dealkylation sites (tertiary alicyclic amines) is 1. The molecule has 0 unspecified atom stereocenters. The Morgan fingerprint density at radius 3 is 2.93 bits per heavy atom. The number of rotatable bonds is 6. The predicted octanol–water partition coefficient (Wildman–Crippen LogP) is 2.86. The summed E-state index contributed by atoms with van der Waals surface area (Å²) in [6.07, 6.45) is 6.31. The zero-order chi connectivity index (χ0) is 20.9. The van der Waals surface area contributed by atoms with Crippen LogP contribution in [0.2, 0.25) is 0 Å². The van der Waals surface area contributed by atoms with Crippen LogP contribution in [0.3, 0.4) is 0 Å². The highest BCUT2D eigenvalue weighted by Crippen LogP contribution is 2.15. The fraction of sp³-hybridized carbons (Fsp3) is 0.273. The molecule has 3 heterocycles. The van der Waals surface area contributed by atoms with Crippen LogP contribution in [-0.4, -0.2) is 44.5 Å². The van der Waals surface area contributed by atoms with Crippen LogP contribution in [0, 0.1) is 16.0 Å². The molecule has 0 bridgehead atoms. The SMILES string of the molecule is N#Cc1ccc(Cn2cncc2CN[C@H]2CCN(C(=O)c3ccc[nH]c3=S)C2)cc1. The maximum atomic E-state index is 12.7. The lowest BCUT2D eigenvalue weighted by atomic mass is 10.1. The normalized spacial score (nSPS) is 15.8. The van der Waals surface area contributed by atoms with Crippen molar-refractivity contribution in [1.29, 1.82) is 5.26 Å². The monoisotopic (exact) mass is 418 g/mol. The number of pyridine rings is 1. The third kappa shape index (κ3) is 4.48. The van der Waals surface area contributed by atoms with Crippen molar-refractivity contribution in [3.05, 3.63) is 82.1 Å². The number of hydrogen-bond donors (Lipinski definition) is 2. The largest absolute Gasteiger partial charge is 0.352 e. The summed E-state index contributed by atoms with van der Waals surface area (Å²) in [5.74, 6) is -0.0213. The average Bonchev–Trinajstić information content (AvgIpc) is 3.42. The van der Waals surface area contributed by atoms with Gasteiger partial charge in [-0.15, -0.1) is 0 Å². The summed E-state index contributed by atoms with van der Waals surface area (Å²) in [6.45, 7) is 2.75. The van der Waals surface area contributed by atoms with E-state index in [0.717, 1.165) is 17.7 Å². The molecule has 2 N–H and O–H groups in total. The lowest BCUT2D eigenvalue weighted by Gasteiger charge is -2.17. The van der Waals surface area contributed by atoms with Gasteiger partial charge in [-0.1, -0.05) is 24.4 Å². The van der Waals surface area contributed by atoms with Crippen LogP contribution in [-0.2, 0) is 13.1 Å². The Hall–Kier alpha value is -3.28. The second-order valence-electron chi connectivity index (χ2n) is 7.35. The smallest absolute Gasteiger partial charge is 0.256 e. The number of amides is 1. The van der Waals surface area contributed by atoms with E-state index < -0.39 is 0 Å². The van der Waals surface area contributed by atoms with Gasteiger partial charge in [0.15, 0.2) is 0 Å². The van der Waals surface area contributed by atoms with Crippen molar-refractivity contribution in [2.45, 2.75) is 25.6 Å². The highest BCUT2D eigenvalue weighted by atomic mass is 32.1. The molecule has 152 valence electrons. The maximum absolute atomic E-state index is 12.7. The average molecular weight is 419 g/mol. The van der Waals surface area contributed by atoms with Crippen LogP contribution in [0.15, 0.2) is 55.1 Å². The number of carbonyl (C=O) groups excluding carboxylic acids is 1. The summed E-state index contributed by atoms with van der Waals surface area (Å²) < 4.78 is 2.57. The van der Waals surface area contributed by atoms with Crippen LogP contribution in [0.1, 0.15) is 33.6 Å². The second-order valence-corrected chi connectivity index (χ2v) is 7.76. The molecular formula is C22H22N6OS. The van der Waals surface area contributed by atoms with Gasteiger partial charge in [0.1, 0.15) is 4.64 Å². The fourth-order valence-electron chi connectivity index (χ4n) is 3.64. The van der Waals surface area contributed by atoms with Gasteiger partial charge in [0.2, 0.25) is 0 Å². The molecule has 1 aromatic carbocycles. The Morgan fingerprint density at radius 2 is 2.17 bits per heavy atom. The first-order chi connectivity index (χ1) is 14.6. The van der Waals surface area contributed by atoms with E-state index in [0.29, 0.717) is 41.9 Å². The van der Waals surface area contributed by atoms with Crippen molar-refractivity contribution in [3.8, 4) is 6.07 Å². The van der Waals surface area contributed by atoms with Crippen molar-refractivity contribution >= 4 is 18.1 Å². The first-order valence-corrected chi connectivity index (χ1v) is 10.2. The van der Waals surface area contributed by atoms with Crippen molar-refractivity contribution < 1.29 is 4.79 Å². The highest BCUT2D eigenvalue weighted by Gasteiger charge is 2.27. The standard InChI is InChI=1S/C22H22N6OS/c23-10-16-3-5-17(6-4-16)13-28-15-24-11-19(28)12-26-18-7-9-27(14-18)22(29)20-2-1-8-25-21(20)30/h1-6,8,11,15,18,26H,7,9,12-14H2,(H,25,30)/t18-/m0/s1. The van der Waals surface area contributed by atoms with Crippen molar-refractivity contribution in [1.82, 2.24) is 24.8 Å². The van der Waals surface area contributed by atoms with Gasteiger partial charge in [-0.3, -0.25) is 4.79 Å². The van der Waals surface area contributed by atoms with Gasteiger partial charge in [0.25, 0.3) is 5.91 Å². The van der Waals surface area contributed by atoms with E-state index in [-0.39, 0.29) is 11.9 Å². The first-order valence-electron chi connectivity index (χ1n) is 9.82. The minimum absolute atomic E-state index is 0.0213. The quantitative estimate of drug-likeness (QED) is 0.601. The molecule has 0 saturated carbocycles. The van der Waals surface area contributed by atoms with E-state index in [4.69, 9.17) is 17.5 Å². The van der Waals surface area contributed by atoms with Gasteiger partial charge < -0.3 is 19.8 Å². The summed E-state index contributed by atoms with van der Waals surface area (Å²) in [6, 6.07) is 13.5. The number of aromatic nitrogens is 3. The number of H-pyrrole nitrogens is 1. The van der Waals surface area contributed by atoms with Gasteiger partial charge in [-0.05, 0) is 36.2 Å². The number of benzene rings is 1. The molecule has 3 aromatic rings. The van der Waals surface area contributed by atoms with Crippen molar-refractivity contribution in [3.63, 3.8) is 0 Å². The zero-order valence-electron chi connectivity index (χ0n) is 16.4. The molecule has 0 spiro atoms. The maximum Gasteiger partial charge on any atom is 0.256 e.